The molecule has 0 atom stereocenters. The third kappa shape index (κ3) is 4.66. The Hall–Kier alpha value is -1.76. The summed E-state index contributed by atoms with van der Waals surface area (Å²) in [7, 11) is -3.36. The lowest BCUT2D eigenvalue weighted by atomic mass is 10.2. The van der Waals surface area contributed by atoms with E-state index in [2.05, 4.69) is 0 Å². The molecule has 0 saturated heterocycles. The molecule has 0 saturated carbocycles. The first-order valence-corrected chi connectivity index (χ1v) is 10.0. The summed E-state index contributed by atoms with van der Waals surface area (Å²) in [6.45, 7) is 3.69. The van der Waals surface area contributed by atoms with Crippen molar-refractivity contribution in [2.45, 2.75) is 18.7 Å². The summed E-state index contributed by atoms with van der Waals surface area (Å²) in [6.07, 6.45) is 1.12. The Labute approximate surface area is 157 Å². The number of carbonyl (C=O) groups excluding carboxylic acids is 1. The molecule has 0 aromatic heterocycles. The van der Waals surface area contributed by atoms with Crippen LogP contribution in [0.15, 0.2) is 41.3 Å². The van der Waals surface area contributed by atoms with Crippen LogP contribution in [0.4, 0.5) is 11.4 Å². The van der Waals surface area contributed by atoms with Crippen LogP contribution in [0, 0.1) is 0 Å². The molecule has 2 aromatic carbocycles. The second kappa shape index (κ2) is 7.64. The average molecular weight is 402 g/mol. The van der Waals surface area contributed by atoms with Gasteiger partial charge in [-0.05, 0) is 43.3 Å². The van der Waals surface area contributed by atoms with Crippen LogP contribution in [-0.4, -0.2) is 27.2 Å². The average Bonchev–Trinajstić information content (AvgIpc) is 2.50. The fourth-order valence-corrected chi connectivity index (χ4v) is 3.51. The SMILES string of the molecule is CCN(c1ccc(S(C)(=O)=O)cc1Cl)c1cc(Cl)ccc1OC(C)=O. The standard InChI is InChI=1S/C17H17Cl2NO4S/c1-4-20(15-7-6-13(10-14(15)19)25(3,22)23)16-9-12(18)5-8-17(16)24-11(2)21/h5-10H,4H2,1-3H3. The molecule has 0 spiro atoms. The molecule has 0 aliphatic carbocycles. The summed E-state index contributed by atoms with van der Waals surface area (Å²) in [4.78, 5) is 13.3. The van der Waals surface area contributed by atoms with E-state index >= 15 is 0 Å². The number of esters is 1. The second-order valence-corrected chi connectivity index (χ2v) is 8.19. The zero-order valence-electron chi connectivity index (χ0n) is 13.9. The van der Waals surface area contributed by atoms with Crippen LogP contribution in [0.5, 0.6) is 5.75 Å². The number of hydrogen-bond donors (Lipinski definition) is 0. The summed E-state index contributed by atoms with van der Waals surface area (Å²) in [5.41, 5.74) is 1.13. The van der Waals surface area contributed by atoms with E-state index in [1.807, 2.05) is 6.92 Å². The van der Waals surface area contributed by atoms with Gasteiger partial charge in [0, 0.05) is 24.7 Å². The van der Waals surface area contributed by atoms with Gasteiger partial charge in [-0.25, -0.2) is 8.42 Å². The molecule has 0 fully saturated rings. The van der Waals surface area contributed by atoms with E-state index in [1.54, 1.807) is 29.2 Å². The van der Waals surface area contributed by atoms with Gasteiger partial charge in [0.15, 0.2) is 15.6 Å². The van der Waals surface area contributed by atoms with E-state index < -0.39 is 15.8 Å². The first-order valence-electron chi connectivity index (χ1n) is 7.38. The Morgan fingerprint density at radius 1 is 1.12 bits per heavy atom. The van der Waals surface area contributed by atoms with Gasteiger partial charge >= 0.3 is 5.97 Å². The normalized spacial score (nSPS) is 11.2. The molecule has 0 N–H and O–H groups in total. The fourth-order valence-electron chi connectivity index (χ4n) is 2.35. The Morgan fingerprint density at radius 3 is 2.32 bits per heavy atom. The van der Waals surface area contributed by atoms with Gasteiger partial charge in [-0.2, -0.15) is 0 Å². The van der Waals surface area contributed by atoms with Crippen molar-refractivity contribution in [2.24, 2.45) is 0 Å². The molecule has 8 heteroatoms. The monoisotopic (exact) mass is 401 g/mol. The zero-order chi connectivity index (χ0) is 18.8. The summed E-state index contributed by atoms with van der Waals surface area (Å²) in [5.74, 6) is -0.125. The van der Waals surface area contributed by atoms with Crippen LogP contribution >= 0.6 is 23.2 Å². The van der Waals surface area contributed by atoms with Crippen molar-refractivity contribution in [1.82, 2.24) is 0 Å². The van der Waals surface area contributed by atoms with Crippen molar-refractivity contribution in [2.75, 3.05) is 17.7 Å². The molecular weight excluding hydrogens is 385 g/mol. The molecule has 5 nitrogen and oxygen atoms in total. The van der Waals surface area contributed by atoms with Gasteiger partial charge in [0.05, 0.1) is 21.3 Å². The number of anilines is 2. The molecule has 0 bridgehead atoms. The molecule has 134 valence electrons. The predicted molar refractivity (Wildman–Crippen MR) is 100 cm³/mol. The second-order valence-electron chi connectivity index (χ2n) is 5.34. The van der Waals surface area contributed by atoms with Crippen molar-refractivity contribution in [3.8, 4) is 5.75 Å². The highest BCUT2D eigenvalue weighted by molar-refractivity contribution is 7.90. The minimum Gasteiger partial charge on any atom is -0.424 e. The molecule has 0 heterocycles. The number of nitrogens with zero attached hydrogens (tertiary/aromatic N) is 1. The Morgan fingerprint density at radius 2 is 1.80 bits per heavy atom. The van der Waals surface area contributed by atoms with Crippen molar-refractivity contribution in [3.63, 3.8) is 0 Å². The van der Waals surface area contributed by atoms with Crippen LogP contribution in [-0.2, 0) is 14.6 Å². The van der Waals surface area contributed by atoms with E-state index in [1.165, 1.54) is 19.1 Å². The first-order chi connectivity index (χ1) is 11.6. The predicted octanol–water partition coefficient (Wildman–Crippen LogP) is 4.48. The molecule has 0 unspecified atom stereocenters. The number of rotatable bonds is 5. The third-order valence-electron chi connectivity index (χ3n) is 3.42. The largest absolute Gasteiger partial charge is 0.424 e. The number of benzene rings is 2. The van der Waals surface area contributed by atoms with Gasteiger partial charge in [0.25, 0.3) is 0 Å². The topological polar surface area (TPSA) is 63.7 Å². The van der Waals surface area contributed by atoms with E-state index in [0.29, 0.717) is 28.7 Å². The molecule has 25 heavy (non-hydrogen) atoms. The molecule has 0 amide bonds. The Balaban J connectivity index is 2.57. The summed E-state index contributed by atoms with van der Waals surface area (Å²) in [5, 5.41) is 0.728. The Bertz CT molecular complexity index is 913. The van der Waals surface area contributed by atoms with Gasteiger partial charge in [-0.3, -0.25) is 4.79 Å². The quantitative estimate of drug-likeness (QED) is 0.545. The van der Waals surface area contributed by atoms with Gasteiger partial charge in [0.1, 0.15) is 0 Å². The minimum atomic E-state index is -3.36. The highest BCUT2D eigenvalue weighted by Gasteiger charge is 2.19. The van der Waals surface area contributed by atoms with Gasteiger partial charge in [0.2, 0.25) is 0 Å². The summed E-state index contributed by atoms with van der Waals surface area (Å²) >= 11 is 12.4. The van der Waals surface area contributed by atoms with Gasteiger partial charge in [-0.15, -0.1) is 0 Å². The summed E-state index contributed by atoms with van der Waals surface area (Å²) < 4.78 is 28.6. The van der Waals surface area contributed by atoms with Crippen molar-refractivity contribution in [3.05, 3.63) is 46.4 Å². The van der Waals surface area contributed by atoms with Crippen LogP contribution in [0.25, 0.3) is 0 Å². The molecule has 2 rings (SSSR count). The lowest BCUT2D eigenvalue weighted by molar-refractivity contribution is -0.131. The molecule has 0 aliphatic rings. The Kier molecular flexibility index (Phi) is 5.98. The van der Waals surface area contributed by atoms with Crippen LogP contribution < -0.4 is 9.64 Å². The molecular formula is C17H17Cl2NO4S. The van der Waals surface area contributed by atoms with Crippen LogP contribution in [0.3, 0.4) is 0 Å². The van der Waals surface area contributed by atoms with Crippen molar-refractivity contribution in [1.29, 1.82) is 0 Å². The smallest absolute Gasteiger partial charge is 0.308 e. The fraction of sp³-hybridized carbons (Fsp3) is 0.235. The number of carbonyl (C=O) groups is 1. The number of sulfone groups is 1. The number of ether oxygens (including phenoxy) is 1. The van der Waals surface area contributed by atoms with E-state index in [0.717, 1.165) is 6.26 Å². The van der Waals surface area contributed by atoms with Crippen LogP contribution in [0.1, 0.15) is 13.8 Å². The summed E-state index contributed by atoms with van der Waals surface area (Å²) in [6, 6.07) is 9.36. The lowest BCUT2D eigenvalue weighted by Crippen LogP contribution is -2.18. The first kappa shape index (κ1) is 19.6. The van der Waals surface area contributed by atoms with Crippen LogP contribution in [0.2, 0.25) is 10.0 Å². The highest BCUT2D eigenvalue weighted by Crippen LogP contribution is 2.39. The van der Waals surface area contributed by atoms with Crippen molar-refractivity contribution >= 4 is 50.4 Å². The maximum Gasteiger partial charge on any atom is 0.308 e. The van der Waals surface area contributed by atoms with Gasteiger partial charge < -0.3 is 9.64 Å². The number of halogens is 2. The number of hydrogen-bond acceptors (Lipinski definition) is 5. The molecule has 2 aromatic rings. The lowest BCUT2D eigenvalue weighted by Gasteiger charge is -2.26. The highest BCUT2D eigenvalue weighted by atomic mass is 35.5. The molecule has 0 aliphatic heterocycles. The zero-order valence-corrected chi connectivity index (χ0v) is 16.2. The maximum atomic E-state index is 11.7. The van der Waals surface area contributed by atoms with E-state index in [9.17, 15) is 13.2 Å². The minimum absolute atomic E-state index is 0.128. The van der Waals surface area contributed by atoms with E-state index in [-0.39, 0.29) is 9.92 Å². The van der Waals surface area contributed by atoms with Crippen molar-refractivity contribution < 1.29 is 17.9 Å². The van der Waals surface area contributed by atoms with Gasteiger partial charge in [-0.1, -0.05) is 23.2 Å². The maximum absolute atomic E-state index is 11.7. The third-order valence-corrected chi connectivity index (χ3v) is 5.07. The van der Waals surface area contributed by atoms with E-state index in [4.69, 9.17) is 27.9 Å². The molecule has 0 radical (unpaired) electrons.